The molecule has 30 heavy (non-hydrogen) atoms. The molecule has 7 nitrogen and oxygen atoms in total. The Hall–Kier alpha value is -2.91. The van der Waals surface area contributed by atoms with Crippen LogP contribution in [0.15, 0.2) is 46.4 Å². The summed E-state index contributed by atoms with van der Waals surface area (Å²) in [6.45, 7) is 0.485. The highest BCUT2D eigenvalue weighted by Gasteiger charge is 2.35. The molecule has 0 aliphatic carbocycles. The minimum absolute atomic E-state index is 0.0135. The van der Waals surface area contributed by atoms with Gasteiger partial charge in [-0.3, -0.25) is 19.4 Å². The molecule has 9 heteroatoms. The number of halogens is 1. The van der Waals surface area contributed by atoms with Crippen LogP contribution in [0.1, 0.15) is 11.1 Å². The minimum Gasteiger partial charge on any atom is -0.488 e. The summed E-state index contributed by atoms with van der Waals surface area (Å²) < 4.78 is 17.5. The molecule has 0 N–H and O–H groups in total. The first kappa shape index (κ1) is 20.4. The Morgan fingerprint density at radius 2 is 1.77 bits per heavy atom. The number of benzene rings is 2. The SMILES string of the molecule is CN1C(=O)C(=Cc2cc(Br)ccc2OCc2ccc3c(c2)OCO3)C(=O)N(C)C1=S. The normalized spacial score (nSPS) is 15.7. The zero-order valence-corrected chi connectivity index (χ0v) is 18.6. The molecule has 4 rings (SSSR count). The van der Waals surface area contributed by atoms with Gasteiger partial charge in [-0.15, -0.1) is 0 Å². The van der Waals surface area contributed by atoms with Gasteiger partial charge in [0.1, 0.15) is 17.9 Å². The fourth-order valence-corrected chi connectivity index (χ4v) is 3.63. The standard InChI is InChI=1S/C21H17BrN2O5S/c1-23-19(25)15(20(26)24(2)21(23)30)9-13-8-14(22)4-6-16(13)27-10-12-3-5-17-18(7-12)29-11-28-17/h3-9H,10-11H2,1-2H3. The molecule has 2 aliphatic heterocycles. The van der Waals surface area contributed by atoms with Crippen molar-refractivity contribution in [2.45, 2.75) is 6.61 Å². The number of amides is 2. The molecule has 2 aliphatic rings. The lowest BCUT2D eigenvalue weighted by molar-refractivity contribution is -0.132. The average molecular weight is 489 g/mol. The molecule has 0 atom stereocenters. The van der Waals surface area contributed by atoms with Crippen LogP contribution < -0.4 is 14.2 Å². The molecule has 154 valence electrons. The van der Waals surface area contributed by atoms with Crippen molar-refractivity contribution in [1.82, 2.24) is 9.80 Å². The van der Waals surface area contributed by atoms with E-state index in [2.05, 4.69) is 15.9 Å². The lowest BCUT2D eigenvalue weighted by atomic mass is 10.1. The van der Waals surface area contributed by atoms with E-state index in [0.29, 0.717) is 22.8 Å². The summed E-state index contributed by atoms with van der Waals surface area (Å²) in [5.74, 6) is 1.000. The van der Waals surface area contributed by atoms with Crippen molar-refractivity contribution in [1.29, 1.82) is 0 Å². The molecule has 2 heterocycles. The minimum atomic E-state index is -0.454. The maximum atomic E-state index is 12.6. The molecule has 0 saturated carbocycles. The number of rotatable bonds is 4. The van der Waals surface area contributed by atoms with Gasteiger partial charge in [-0.25, -0.2) is 0 Å². The number of hydrogen-bond donors (Lipinski definition) is 0. The van der Waals surface area contributed by atoms with Crippen molar-refractivity contribution in [2.24, 2.45) is 0 Å². The molecule has 1 saturated heterocycles. The number of carbonyl (C=O) groups is 2. The van der Waals surface area contributed by atoms with Gasteiger partial charge in [-0.05, 0) is 54.2 Å². The Morgan fingerprint density at radius 1 is 1.07 bits per heavy atom. The van der Waals surface area contributed by atoms with Gasteiger partial charge >= 0.3 is 0 Å². The second kappa shape index (κ2) is 8.08. The van der Waals surface area contributed by atoms with E-state index in [9.17, 15) is 9.59 Å². The monoisotopic (exact) mass is 488 g/mol. The quantitative estimate of drug-likeness (QED) is 0.373. The Labute approximate surface area is 186 Å². The summed E-state index contributed by atoms with van der Waals surface area (Å²) in [5, 5.41) is 0.163. The Morgan fingerprint density at radius 3 is 2.50 bits per heavy atom. The highest BCUT2D eigenvalue weighted by molar-refractivity contribution is 9.10. The smallest absolute Gasteiger partial charge is 0.265 e. The van der Waals surface area contributed by atoms with E-state index in [4.69, 9.17) is 26.4 Å². The van der Waals surface area contributed by atoms with Crippen molar-refractivity contribution < 1.29 is 23.8 Å². The zero-order chi connectivity index (χ0) is 21.4. The summed E-state index contributed by atoms with van der Waals surface area (Å²) in [7, 11) is 3.08. The predicted molar refractivity (Wildman–Crippen MR) is 117 cm³/mol. The summed E-state index contributed by atoms with van der Waals surface area (Å²) >= 11 is 8.56. The van der Waals surface area contributed by atoms with E-state index in [-0.39, 0.29) is 24.1 Å². The van der Waals surface area contributed by atoms with Crippen LogP contribution in [0.5, 0.6) is 17.2 Å². The second-order valence-corrected chi connectivity index (χ2v) is 8.01. The fourth-order valence-electron chi connectivity index (χ4n) is 3.09. The average Bonchev–Trinajstić information content (AvgIpc) is 3.21. The molecular weight excluding hydrogens is 472 g/mol. The Bertz CT molecular complexity index is 1070. The molecule has 1 fully saturated rings. The third kappa shape index (κ3) is 3.78. The van der Waals surface area contributed by atoms with Gasteiger partial charge in [0, 0.05) is 24.1 Å². The molecule has 0 aromatic heterocycles. The number of hydrogen-bond acceptors (Lipinski definition) is 6. The first-order valence-corrected chi connectivity index (χ1v) is 10.2. The Balaban J connectivity index is 1.62. The van der Waals surface area contributed by atoms with E-state index < -0.39 is 11.8 Å². The van der Waals surface area contributed by atoms with Crippen molar-refractivity contribution in [3.63, 3.8) is 0 Å². The number of carbonyl (C=O) groups excluding carboxylic acids is 2. The van der Waals surface area contributed by atoms with Crippen molar-refractivity contribution >= 4 is 51.2 Å². The first-order chi connectivity index (χ1) is 14.3. The number of ether oxygens (including phenoxy) is 3. The van der Waals surface area contributed by atoms with E-state index in [1.807, 2.05) is 24.3 Å². The van der Waals surface area contributed by atoms with Gasteiger partial charge in [-0.2, -0.15) is 0 Å². The number of fused-ring (bicyclic) bond motifs is 1. The van der Waals surface area contributed by atoms with Gasteiger partial charge < -0.3 is 14.2 Å². The van der Waals surface area contributed by atoms with Gasteiger partial charge in [0.05, 0.1) is 0 Å². The number of likely N-dealkylation sites (N-methyl/N-ethyl adjacent to an activating group) is 2. The summed E-state index contributed by atoms with van der Waals surface area (Å²) in [4.78, 5) is 27.8. The van der Waals surface area contributed by atoms with Crippen molar-refractivity contribution in [2.75, 3.05) is 20.9 Å². The third-order valence-corrected chi connectivity index (χ3v) is 5.79. The molecule has 2 amide bonds. The topological polar surface area (TPSA) is 68.3 Å². The maximum absolute atomic E-state index is 12.6. The van der Waals surface area contributed by atoms with Crippen LogP contribution in [0.2, 0.25) is 0 Å². The molecule has 0 bridgehead atoms. The lowest BCUT2D eigenvalue weighted by Crippen LogP contribution is -2.52. The largest absolute Gasteiger partial charge is 0.488 e. The first-order valence-electron chi connectivity index (χ1n) is 8.98. The van der Waals surface area contributed by atoms with E-state index >= 15 is 0 Å². The summed E-state index contributed by atoms with van der Waals surface area (Å²) in [5.41, 5.74) is 1.51. The van der Waals surface area contributed by atoms with Crippen LogP contribution in [-0.2, 0) is 16.2 Å². The van der Waals surface area contributed by atoms with Gasteiger partial charge in [-0.1, -0.05) is 22.0 Å². The van der Waals surface area contributed by atoms with Crippen LogP contribution in [0.4, 0.5) is 0 Å². The third-order valence-electron chi connectivity index (χ3n) is 4.75. The number of thiocarbonyl (C=S) groups is 1. The van der Waals surface area contributed by atoms with Crippen molar-refractivity contribution in [3.8, 4) is 17.2 Å². The second-order valence-electron chi connectivity index (χ2n) is 6.73. The summed E-state index contributed by atoms with van der Waals surface area (Å²) in [6, 6.07) is 11.0. The molecule has 0 unspecified atom stereocenters. The summed E-state index contributed by atoms with van der Waals surface area (Å²) in [6.07, 6.45) is 1.53. The lowest BCUT2D eigenvalue weighted by Gasteiger charge is -2.31. The van der Waals surface area contributed by atoms with Crippen LogP contribution in [0.25, 0.3) is 6.08 Å². The van der Waals surface area contributed by atoms with Crippen LogP contribution >= 0.6 is 28.1 Å². The fraction of sp³-hybridized carbons (Fsp3) is 0.190. The van der Waals surface area contributed by atoms with E-state index in [0.717, 1.165) is 10.0 Å². The van der Waals surface area contributed by atoms with Gasteiger partial charge in [0.15, 0.2) is 16.6 Å². The molecule has 0 radical (unpaired) electrons. The molecule has 2 aromatic rings. The molecule has 2 aromatic carbocycles. The Kier molecular flexibility index (Phi) is 5.48. The van der Waals surface area contributed by atoms with E-state index in [1.165, 1.54) is 15.9 Å². The number of nitrogens with zero attached hydrogens (tertiary/aromatic N) is 2. The van der Waals surface area contributed by atoms with Crippen LogP contribution in [-0.4, -0.2) is 47.6 Å². The van der Waals surface area contributed by atoms with Crippen LogP contribution in [0, 0.1) is 0 Å². The predicted octanol–water partition coefficient (Wildman–Crippen LogP) is 3.36. The zero-order valence-electron chi connectivity index (χ0n) is 16.2. The van der Waals surface area contributed by atoms with Gasteiger partial charge in [0.2, 0.25) is 6.79 Å². The van der Waals surface area contributed by atoms with Crippen LogP contribution in [0.3, 0.4) is 0 Å². The highest BCUT2D eigenvalue weighted by atomic mass is 79.9. The van der Waals surface area contributed by atoms with Gasteiger partial charge in [0.25, 0.3) is 11.8 Å². The molecular formula is C21H17BrN2O5S. The maximum Gasteiger partial charge on any atom is 0.265 e. The van der Waals surface area contributed by atoms with Crippen molar-refractivity contribution in [3.05, 3.63) is 57.6 Å². The van der Waals surface area contributed by atoms with E-state index in [1.54, 1.807) is 26.2 Å². The highest BCUT2D eigenvalue weighted by Crippen LogP contribution is 2.33. The molecule has 0 spiro atoms.